The Balaban J connectivity index is 0.000000287. The number of rotatable bonds is 2. The molecule has 31 heavy (non-hydrogen) atoms. The summed E-state index contributed by atoms with van der Waals surface area (Å²) in [4.78, 5) is 8.18. The molecular weight excluding hydrogens is 558 g/mol. The molecule has 4 aromatic heterocycles. The van der Waals surface area contributed by atoms with Gasteiger partial charge in [0, 0.05) is 28.5 Å². The summed E-state index contributed by atoms with van der Waals surface area (Å²) in [6.45, 7) is 6.00. The van der Waals surface area contributed by atoms with Crippen molar-refractivity contribution >= 4 is 69.4 Å². The number of furan rings is 2. The van der Waals surface area contributed by atoms with Crippen molar-refractivity contribution in [3.05, 3.63) is 57.7 Å². The van der Waals surface area contributed by atoms with E-state index in [9.17, 15) is 0 Å². The van der Waals surface area contributed by atoms with E-state index in [4.69, 9.17) is 53.0 Å². The maximum atomic E-state index is 9.05. The Labute approximate surface area is 205 Å². The smallest absolute Gasteiger partial charge is 0.156 e. The van der Waals surface area contributed by atoms with Gasteiger partial charge in [-0.15, -0.1) is 24.0 Å². The minimum atomic E-state index is -0.127. The highest BCUT2D eigenvalue weighted by Crippen LogP contribution is 2.32. The van der Waals surface area contributed by atoms with Gasteiger partial charge in [0.1, 0.15) is 46.1 Å². The lowest BCUT2D eigenvalue weighted by molar-refractivity contribution is 0.250. The van der Waals surface area contributed by atoms with Crippen LogP contribution in [-0.4, -0.2) is 20.2 Å². The number of aliphatic hydroxyl groups excluding tert-OH is 2. The summed E-state index contributed by atoms with van der Waals surface area (Å²) < 4.78 is 10.8. The second-order valence-electron chi connectivity index (χ2n) is 7.22. The summed E-state index contributed by atoms with van der Waals surface area (Å²) in [5.41, 5.74) is 3.65. The number of hydrogen-bond acceptors (Lipinski definition) is 8. The van der Waals surface area contributed by atoms with Crippen molar-refractivity contribution in [1.29, 1.82) is 10.8 Å². The number of aromatic nitrogens is 2. The first-order valence-corrected chi connectivity index (χ1v) is 9.53. The fraction of sp³-hybridized carbons (Fsp3) is 0.300. The molecule has 0 aliphatic carbocycles. The van der Waals surface area contributed by atoms with E-state index in [-0.39, 0.29) is 42.6 Å². The Hall–Kier alpha value is -1.97. The summed E-state index contributed by atoms with van der Waals surface area (Å²) in [5, 5.41) is 30.7. The number of fused-ring (bicyclic) bond motifs is 2. The van der Waals surface area contributed by atoms with E-state index in [0.717, 1.165) is 5.56 Å². The van der Waals surface area contributed by atoms with Gasteiger partial charge in [0.25, 0.3) is 0 Å². The van der Waals surface area contributed by atoms with E-state index < -0.39 is 0 Å². The molecule has 0 aromatic carbocycles. The molecule has 0 spiro atoms. The van der Waals surface area contributed by atoms with Crippen LogP contribution < -0.4 is 0 Å². The zero-order valence-electron chi connectivity index (χ0n) is 17.0. The van der Waals surface area contributed by atoms with Crippen LogP contribution in [0.3, 0.4) is 0 Å². The second-order valence-corrected chi connectivity index (χ2v) is 7.99. The second kappa shape index (κ2) is 11.6. The quantitative estimate of drug-likeness (QED) is 0.170. The third kappa shape index (κ3) is 6.75. The summed E-state index contributed by atoms with van der Waals surface area (Å²) in [6, 6.07) is 8.57. The van der Waals surface area contributed by atoms with Gasteiger partial charge in [-0.1, -0.05) is 44.0 Å². The van der Waals surface area contributed by atoms with Gasteiger partial charge in [-0.05, 0) is 23.6 Å². The number of halogens is 3. The molecule has 0 unspecified atom stereocenters. The monoisotopic (exact) mass is 578 g/mol. The molecule has 0 radical (unpaired) electrons. The first-order chi connectivity index (χ1) is 14.2. The predicted octanol–water partition coefficient (Wildman–Crippen LogP) is 5.89. The molecule has 11 heteroatoms. The largest absolute Gasteiger partial charge is 0.457 e. The Morgan fingerprint density at radius 1 is 0.871 bits per heavy atom. The topological polar surface area (TPSA) is 140 Å². The van der Waals surface area contributed by atoms with Crippen molar-refractivity contribution < 1.29 is 19.0 Å². The van der Waals surface area contributed by atoms with Crippen LogP contribution in [0, 0.1) is 10.8 Å². The van der Waals surface area contributed by atoms with Crippen molar-refractivity contribution in [3.8, 4) is 0 Å². The fourth-order valence-corrected chi connectivity index (χ4v) is 3.06. The van der Waals surface area contributed by atoms with Crippen LogP contribution in [0.5, 0.6) is 0 Å². The SMILES string of the molecule is CC(C)(C)c1cc(Cl)nc2cc(CO)oc12.I.N#N.OCc1cc2nc(Cl)ccc2o1. The standard InChI is InChI=1S/C12H14ClNO2.C8H6ClNO2.HI.N2/c1-12(2,3)8-5-10(13)14-9-4-7(6-15)16-11(8)9;9-8-2-1-7-6(10-8)3-5(4-11)12-7;;1-2/h4-5,15H,6H2,1-3H3;1-3,11H,4H2;1H;. The molecule has 0 saturated carbocycles. The van der Waals surface area contributed by atoms with E-state index in [1.807, 2.05) is 6.07 Å². The molecule has 8 nitrogen and oxygen atoms in total. The Morgan fingerprint density at radius 2 is 1.42 bits per heavy atom. The molecule has 166 valence electrons. The fourth-order valence-electron chi connectivity index (χ4n) is 2.70. The lowest BCUT2D eigenvalue weighted by atomic mass is 9.87. The van der Waals surface area contributed by atoms with Gasteiger partial charge in [-0.3, -0.25) is 0 Å². The summed E-state index contributed by atoms with van der Waals surface area (Å²) in [5.74, 6) is 1.01. The predicted molar refractivity (Wildman–Crippen MR) is 127 cm³/mol. The molecule has 2 N–H and O–H groups in total. The normalized spacial score (nSPS) is 10.6. The van der Waals surface area contributed by atoms with Crippen LogP contribution >= 0.6 is 47.2 Å². The first-order valence-electron chi connectivity index (χ1n) is 8.77. The van der Waals surface area contributed by atoms with Crippen molar-refractivity contribution in [3.63, 3.8) is 0 Å². The van der Waals surface area contributed by atoms with E-state index in [1.54, 1.807) is 24.3 Å². The molecule has 4 rings (SSSR count). The number of hydrogen-bond donors (Lipinski definition) is 2. The minimum absolute atomic E-state index is 0. The Kier molecular flexibility index (Phi) is 10.1. The molecule has 0 aliphatic rings. The molecule has 0 atom stereocenters. The molecule has 0 bridgehead atoms. The lowest BCUT2D eigenvalue weighted by Gasteiger charge is -2.18. The molecule has 0 aliphatic heterocycles. The molecule has 0 saturated heterocycles. The molecular formula is C20H21Cl2IN4O4. The van der Waals surface area contributed by atoms with Gasteiger partial charge >= 0.3 is 0 Å². The molecule has 0 amide bonds. The Morgan fingerprint density at radius 3 is 2.00 bits per heavy atom. The zero-order chi connectivity index (χ0) is 22.5. The maximum absolute atomic E-state index is 9.05. The number of nitrogens with zero attached hydrogens (tertiary/aromatic N) is 4. The molecule has 4 aromatic rings. The molecule has 0 fully saturated rings. The highest BCUT2D eigenvalue weighted by atomic mass is 127. The van der Waals surface area contributed by atoms with Crippen LogP contribution in [0.15, 0.2) is 39.2 Å². The number of aliphatic hydroxyl groups is 2. The zero-order valence-corrected chi connectivity index (χ0v) is 20.8. The molecule has 4 heterocycles. The van der Waals surface area contributed by atoms with E-state index in [0.29, 0.717) is 44.0 Å². The van der Waals surface area contributed by atoms with Crippen LogP contribution in [-0.2, 0) is 18.6 Å². The highest BCUT2D eigenvalue weighted by molar-refractivity contribution is 14.0. The van der Waals surface area contributed by atoms with Crippen LogP contribution in [0.4, 0.5) is 0 Å². The van der Waals surface area contributed by atoms with Crippen molar-refractivity contribution in [2.45, 2.75) is 39.4 Å². The van der Waals surface area contributed by atoms with E-state index in [1.165, 1.54) is 0 Å². The number of pyridine rings is 2. The summed E-state index contributed by atoms with van der Waals surface area (Å²) in [6.07, 6.45) is 0. The van der Waals surface area contributed by atoms with Gasteiger partial charge in [0.15, 0.2) is 11.2 Å². The van der Waals surface area contributed by atoms with Gasteiger partial charge < -0.3 is 19.0 Å². The summed E-state index contributed by atoms with van der Waals surface area (Å²) >= 11 is 11.6. The van der Waals surface area contributed by atoms with Crippen molar-refractivity contribution in [2.24, 2.45) is 0 Å². The van der Waals surface area contributed by atoms with Crippen LogP contribution in [0.2, 0.25) is 10.3 Å². The first kappa shape index (κ1) is 27.1. The van der Waals surface area contributed by atoms with Crippen molar-refractivity contribution in [2.75, 3.05) is 0 Å². The van der Waals surface area contributed by atoms with Gasteiger partial charge in [-0.2, -0.15) is 0 Å². The lowest BCUT2D eigenvalue weighted by Crippen LogP contribution is -2.11. The third-order valence-corrected chi connectivity index (χ3v) is 4.41. The average Bonchev–Trinajstić information content (AvgIpc) is 3.31. The highest BCUT2D eigenvalue weighted by Gasteiger charge is 2.21. The average molecular weight is 579 g/mol. The van der Waals surface area contributed by atoms with Crippen LogP contribution in [0.1, 0.15) is 37.9 Å². The third-order valence-electron chi connectivity index (χ3n) is 4.01. The van der Waals surface area contributed by atoms with Crippen molar-refractivity contribution in [1.82, 2.24) is 9.97 Å². The van der Waals surface area contributed by atoms with Gasteiger partial charge in [0.2, 0.25) is 0 Å². The van der Waals surface area contributed by atoms with Crippen LogP contribution in [0.25, 0.3) is 22.2 Å². The maximum Gasteiger partial charge on any atom is 0.156 e. The Bertz CT molecular complexity index is 1170. The van der Waals surface area contributed by atoms with E-state index in [2.05, 4.69) is 30.7 Å². The minimum Gasteiger partial charge on any atom is -0.457 e. The van der Waals surface area contributed by atoms with Gasteiger partial charge in [-0.25, -0.2) is 9.97 Å². The summed E-state index contributed by atoms with van der Waals surface area (Å²) in [7, 11) is 0. The van der Waals surface area contributed by atoms with Gasteiger partial charge in [0.05, 0.1) is 0 Å². The van der Waals surface area contributed by atoms with E-state index >= 15 is 0 Å².